The van der Waals surface area contributed by atoms with E-state index in [2.05, 4.69) is 0 Å². The Balaban J connectivity index is 2.11. The number of halogens is 4. The first-order valence-corrected chi connectivity index (χ1v) is 7.06. The molecular formula is C14H11ClF3NS. The third-order valence-corrected chi connectivity index (χ3v) is 4.02. The van der Waals surface area contributed by atoms with Crippen molar-refractivity contribution in [2.24, 2.45) is 0 Å². The zero-order chi connectivity index (χ0) is 14.8. The van der Waals surface area contributed by atoms with Gasteiger partial charge in [0.15, 0.2) is 0 Å². The summed E-state index contributed by atoms with van der Waals surface area (Å²) in [7, 11) is 0. The third kappa shape index (κ3) is 3.84. The minimum Gasteiger partial charge on any atom is -0.398 e. The molecule has 1 nitrogen and oxygen atoms in total. The highest BCUT2D eigenvalue weighted by Gasteiger charge is 2.30. The van der Waals surface area contributed by atoms with Crippen molar-refractivity contribution in [3.05, 3.63) is 58.6 Å². The molecule has 2 aromatic rings. The van der Waals surface area contributed by atoms with Gasteiger partial charge in [0.05, 0.1) is 5.56 Å². The minimum absolute atomic E-state index is 0.131. The van der Waals surface area contributed by atoms with Crippen LogP contribution in [0.4, 0.5) is 18.9 Å². The number of thioether (sulfide) groups is 1. The zero-order valence-corrected chi connectivity index (χ0v) is 11.8. The maximum atomic E-state index is 12.5. The number of nitrogen functional groups attached to an aromatic ring is 1. The van der Waals surface area contributed by atoms with Crippen LogP contribution in [0.1, 0.15) is 11.1 Å². The molecule has 6 heteroatoms. The Bertz CT molecular complexity index is 614. The second-order valence-electron chi connectivity index (χ2n) is 4.17. The zero-order valence-electron chi connectivity index (χ0n) is 10.2. The van der Waals surface area contributed by atoms with Crippen LogP contribution in [-0.2, 0) is 11.9 Å². The topological polar surface area (TPSA) is 26.0 Å². The normalized spacial score (nSPS) is 11.6. The van der Waals surface area contributed by atoms with Crippen LogP contribution in [0.3, 0.4) is 0 Å². The molecule has 0 bridgehead atoms. The second kappa shape index (κ2) is 5.97. The van der Waals surface area contributed by atoms with Crippen LogP contribution in [0.25, 0.3) is 0 Å². The van der Waals surface area contributed by atoms with Gasteiger partial charge in [0.2, 0.25) is 0 Å². The van der Waals surface area contributed by atoms with Crippen molar-refractivity contribution in [1.82, 2.24) is 0 Å². The quantitative estimate of drug-likeness (QED) is 0.619. The number of benzene rings is 2. The number of alkyl halides is 3. The Morgan fingerprint density at radius 2 is 1.85 bits per heavy atom. The number of rotatable bonds is 3. The summed E-state index contributed by atoms with van der Waals surface area (Å²) in [5.41, 5.74) is 6.05. The van der Waals surface area contributed by atoms with Crippen molar-refractivity contribution < 1.29 is 13.2 Å². The van der Waals surface area contributed by atoms with E-state index in [1.165, 1.54) is 17.8 Å². The summed E-state index contributed by atoms with van der Waals surface area (Å²) in [5.74, 6) is 0.593. The lowest BCUT2D eigenvalue weighted by Gasteiger charge is -2.10. The molecule has 0 heterocycles. The van der Waals surface area contributed by atoms with Crippen LogP contribution in [0.2, 0.25) is 5.02 Å². The van der Waals surface area contributed by atoms with Gasteiger partial charge in [0.25, 0.3) is 0 Å². The van der Waals surface area contributed by atoms with Gasteiger partial charge in [-0.25, -0.2) is 0 Å². The van der Waals surface area contributed by atoms with Gasteiger partial charge in [-0.2, -0.15) is 13.2 Å². The molecule has 0 fully saturated rings. The predicted octanol–water partition coefficient (Wildman–Crippen LogP) is 5.23. The summed E-state index contributed by atoms with van der Waals surface area (Å²) in [4.78, 5) is 0.623. The summed E-state index contributed by atoms with van der Waals surface area (Å²) >= 11 is 7.25. The fraction of sp³-hybridized carbons (Fsp3) is 0.143. The Hall–Kier alpha value is -1.33. The average Bonchev–Trinajstić information content (AvgIpc) is 2.36. The van der Waals surface area contributed by atoms with Crippen LogP contribution < -0.4 is 5.73 Å². The monoisotopic (exact) mass is 317 g/mol. The van der Waals surface area contributed by atoms with E-state index in [9.17, 15) is 13.2 Å². The van der Waals surface area contributed by atoms with Crippen LogP contribution in [0.5, 0.6) is 0 Å². The van der Waals surface area contributed by atoms with E-state index in [-0.39, 0.29) is 5.69 Å². The van der Waals surface area contributed by atoms with E-state index in [0.29, 0.717) is 15.7 Å². The minimum atomic E-state index is -4.37. The molecule has 0 saturated heterocycles. The molecule has 0 saturated carbocycles. The molecular weight excluding hydrogens is 307 g/mol. The van der Waals surface area contributed by atoms with Crippen LogP contribution >= 0.6 is 23.4 Å². The van der Waals surface area contributed by atoms with E-state index >= 15 is 0 Å². The van der Waals surface area contributed by atoms with Crippen molar-refractivity contribution in [2.75, 3.05) is 5.73 Å². The number of anilines is 1. The van der Waals surface area contributed by atoms with Gasteiger partial charge < -0.3 is 5.73 Å². The van der Waals surface area contributed by atoms with Crippen LogP contribution in [0, 0.1) is 0 Å². The molecule has 0 unspecified atom stereocenters. The Labute approximate surface area is 123 Å². The van der Waals surface area contributed by atoms with E-state index in [0.717, 1.165) is 17.7 Å². The number of nitrogens with two attached hydrogens (primary N) is 1. The molecule has 2 N–H and O–H groups in total. The standard InChI is InChI=1S/C14H11ClF3NS/c15-11-3-1-2-9(6-11)8-20-13-5-4-10(7-12(13)19)14(16,17)18/h1-7H,8,19H2. The fourth-order valence-corrected chi connectivity index (χ4v) is 2.75. The van der Waals surface area contributed by atoms with Gasteiger partial charge in [0.1, 0.15) is 0 Å². The highest BCUT2D eigenvalue weighted by atomic mass is 35.5. The molecule has 2 aromatic carbocycles. The fourth-order valence-electron chi connectivity index (χ4n) is 1.64. The van der Waals surface area contributed by atoms with E-state index < -0.39 is 11.7 Å². The van der Waals surface area contributed by atoms with Crippen molar-refractivity contribution in [2.45, 2.75) is 16.8 Å². The predicted molar refractivity (Wildman–Crippen MR) is 76.9 cm³/mol. The van der Waals surface area contributed by atoms with Gasteiger partial charge in [-0.1, -0.05) is 23.7 Å². The maximum Gasteiger partial charge on any atom is 0.416 e. The molecule has 0 spiro atoms. The van der Waals surface area contributed by atoms with Crippen molar-refractivity contribution in [3.8, 4) is 0 Å². The molecule has 0 aliphatic carbocycles. The Morgan fingerprint density at radius 3 is 2.45 bits per heavy atom. The molecule has 0 radical (unpaired) electrons. The van der Waals surface area contributed by atoms with Crippen LogP contribution in [0.15, 0.2) is 47.4 Å². The molecule has 0 aromatic heterocycles. The summed E-state index contributed by atoms with van der Waals surface area (Å²) in [6.07, 6.45) is -4.37. The summed E-state index contributed by atoms with van der Waals surface area (Å²) in [6.45, 7) is 0. The highest BCUT2D eigenvalue weighted by molar-refractivity contribution is 7.98. The van der Waals surface area contributed by atoms with Gasteiger partial charge >= 0.3 is 6.18 Å². The highest BCUT2D eigenvalue weighted by Crippen LogP contribution is 2.35. The van der Waals surface area contributed by atoms with Crippen molar-refractivity contribution in [3.63, 3.8) is 0 Å². The van der Waals surface area contributed by atoms with Gasteiger partial charge in [-0.05, 0) is 35.9 Å². The van der Waals surface area contributed by atoms with Crippen LogP contribution in [-0.4, -0.2) is 0 Å². The lowest BCUT2D eigenvalue weighted by molar-refractivity contribution is -0.137. The summed E-state index contributed by atoms with van der Waals surface area (Å²) in [6, 6.07) is 10.7. The SMILES string of the molecule is Nc1cc(C(F)(F)F)ccc1SCc1cccc(Cl)c1. The third-order valence-electron chi connectivity index (χ3n) is 2.62. The van der Waals surface area contributed by atoms with E-state index in [4.69, 9.17) is 17.3 Å². The smallest absolute Gasteiger partial charge is 0.398 e. The average molecular weight is 318 g/mol. The largest absolute Gasteiger partial charge is 0.416 e. The molecule has 0 aliphatic heterocycles. The Kier molecular flexibility index (Phi) is 4.50. The Morgan fingerprint density at radius 1 is 1.10 bits per heavy atom. The second-order valence-corrected chi connectivity index (χ2v) is 5.62. The van der Waals surface area contributed by atoms with Gasteiger partial charge in [-0.15, -0.1) is 11.8 Å². The maximum absolute atomic E-state index is 12.5. The molecule has 20 heavy (non-hydrogen) atoms. The van der Waals surface area contributed by atoms with Gasteiger partial charge in [-0.3, -0.25) is 0 Å². The first-order chi connectivity index (χ1) is 9.36. The molecule has 0 atom stereocenters. The first kappa shape index (κ1) is 15.1. The molecule has 106 valence electrons. The van der Waals surface area contributed by atoms with Crippen molar-refractivity contribution in [1.29, 1.82) is 0 Å². The summed E-state index contributed by atoms with van der Waals surface area (Å²) < 4.78 is 37.6. The molecule has 0 aliphatic rings. The number of hydrogen-bond acceptors (Lipinski definition) is 2. The number of hydrogen-bond donors (Lipinski definition) is 1. The van der Waals surface area contributed by atoms with E-state index in [1.807, 2.05) is 18.2 Å². The first-order valence-electron chi connectivity index (χ1n) is 5.70. The molecule has 0 amide bonds. The van der Waals surface area contributed by atoms with Crippen molar-refractivity contribution >= 4 is 29.1 Å². The lowest BCUT2D eigenvalue weighted by atomic mass is 10.2. The van der Waals surface area contributed by atoms with E-state index in [1.54, 1.807) is 6.07 Å². The molecule has 2 rings (SSSR count). The summed E-state index contributed by atoms with van der Waals surface area (Å²) in [5, 5.41) is 0.628. The van der Waals surface area contributed by atoms with Gasteiger partial charge in [0, 0.05) is 21.4 Å². The lowest BCUT2D eigenvalue weighted by Crippen LogP contribution is -2.05.